The number of halogens is 1. The van der Waals surface area contributed by atoms with Crippen LogP contribution in [0.15, 0.2) is 69.8 Å². The molecule has 9 heteroatoms. The summed E-state index contributed by atoms with van der Waals surface area (Å²) in [5, 5.41) is 11.1. The van der Waals surface area contributed by atoms with Gasteiger partial charge in [-0.15, -0.1) is 21.5 Å². The molecule has 0 unspecified atom stereocenters. The minimum Gasteiger partial charge on any atom is -0.283 e. The molecule has 0 saturated carbocycles. The molecule has 146 valence electrons. The molecule has 4 aromatic rings. The molecule has 4 rings (SSSR count). The molecule has 29 heavy (non-hydrogen) atoms. The monoisotopic (exact) mass is 458 g/mol. The number of carbonyl (C=O) groups excluding carboxylic acids is 1. The van der Waals surface area contributed by atoms with Crippen LogP contribution < -0.4 is 4.90 Å². The Hall–Kier alpha value is -2.26. The van der Waals surface area contributed by atoms with Crippen molar-refractivity contribution in [1.82, 2.24) is 15.2 Å². The average Bonchev–Trinajstić information content (AvgIpc) is 3.44. The highest BCUT2D eigenvalue weighted by Gasteiger charge is 2.21. The van der Waals surface area contributed by atoms with Gasteiger partial charge in [0.15, 0.2) is 9.47 Å². The molecule has 5 nitrogen and oxygen atoms in total. The van der Waals surface area contributed by atoms with Crippen LogP contribution in [0.1, 0.15) is 5.56 Å². The third kappa shape index (κ3) is 5.22. The molecule has 2 heterocycles. The van der Waals surface area contributed by atoms with Gasteiger partial charge in [0.1, 0.15) is 5.51 Å². The van der Waals surface area contributed by atoms with Crippen LogP contribution in [0.3, 0.4) is 0 Å². The van der Waals surface area contributed by atoms with Crippen molar-refractivity contribution in [2.45, 2.75) is 10.9 Å². The first-order chi connectivity index (χ1) is 14.2. The fourth-order valence-corrected chi connectivity index (χ4v) is 4.94. The smallest absolute Gasteiger partial charge is 0.239 e. The first kappa shape index (κ1) is 20.0. The second-order valence-electron chi connectivity index (χ2n) is 5.98. The van der Waals surface area contributed by atoms with Crippen molar-refractivity contribution in [2.24, 2.45) is 0 Å². The maximum atomic E-state index is 13.0. The second-order valence-corrected chi connectivity index (χ2v) is 9.31. The zero-order valence-electron chi connectivity index (χ0n) is 15.1. The highest BCUT2D eigenvalue weighted by molar-refractivity contribution is 8.01. The van der Waals surface area contributed by atoms with Crippen LogP contribution in [0.5, 0.6) is 0 Å². The maximum absolute atomic E-state index is 13.0. The Kier molecular flexibility index (Phi) is 6.56. The van der Waals surface area contributed by atoms with Crippen molar-refractivity contribution in [3.8, 4) is 11.3 Å². The summed E-state index contributed by atoms with van der Waals surface area (Å²) in [6.07, 6.45) is 0. The van der Waals surface area contributed by atoms with E-state index in [2.05, 4.69) is 10.2 Å². The molecule has 2 aromatic heterocycles. The molecule has 1 amide bonds. The Labute approximate surface area is 185 Å². The van der Waals surface area contributed by atoms with Crippen molar-refractivity contribution < 1.29 is 4.79 Å². The highest BCUT2D eigenvalue weighted by atomic mass is 35.5. The highest BCUT2D eigenvalue weighted by Crippen LogP contribution is 2.30. The Morgan fingerprint density at radius 1 is 1.07 bits per heavy atom. The molecule has 0 bridgehead atoms. The van der Waals surface area contributed by atoms with Gasteiger partial charge in [-0.05, 0) is 17.7 Å². The van der Waals surface area contributed by atoms with Crippen molar-refractivity contribution >= 4 is 57.1 Å². The van der Waals surface area contributed by atoms with Crippen molar-refractivity contribution in [2.75, 3.05) is 10.7 Å². The maximum Gasteiger partial charge on any atom is 0.239 e. The lowest BCUT2D eigenvalue weighted by Crippen LogP contribution is -2.31. The summed E-state index contributed by atoms with van der Waals surface area (Å²) in [5.74, 6) is 0.254. The summed E-state index contributed by atoms with van der Waals surface area (Å²) in [6, 6.07) is 17.4. The lowest BCUT2D eigenvalue weighted by atomic mass is 10.2. The van der Waals surface area contributed by atoms with Crippen LogP contribution in [0.2, 0.25) is 5.02 Å². The second kappa shape index (κ2) is 9.49. The van der Waals surface area contributed by atoms with E-state index in [1.165, 1.54) is 34.4 Å². The number of anilines is 1. The minimum absolute atomic E-state index is 0.0222. The van der Waals surface area contributed by atoms with Crippen LogP contribution in [-0.2, 0) is 11.3 Å². The van der Waals surface area contributed by atoms with Gasteiger partial charge in [-0.3, -0.25) is 9.69 Å². The number of benzene rings is 2. The van der Waals surface area contributed by atoms with E-state index < -0.39 is 0 Å². The summed E-state index contributed by atoms with van der Waals surface area (Å²) < 4.78 is 0.777. The number of nitrogens with zero attached hydrogens (tertiary/aromatic N) is 4. The third-order valence-corrected chi connectivity index (χ3v) is 6.97. The number of thiazole rings is 1. The van der Waals surface area contributed by atoms with Gasteiger partial charge in [-0.1, -0.05) is 77.2 Å². The van der Waals surface area contributed by atoms with E-state index in [9.17, 15) is 4.79 Å². The number of rotatable bonds is 7. The van der Waals surface area contributed by atoms with Crippen LogP contribution >= 0.6 is 46.0 Å². The van der Waals surface area contributed by atoms with Gasteiger partial charge in [0.05, 0.1) is 18.0 Å². The molecular weight excluding hydrogens is 444 g/mol. The summed E-state index contributed by atoms with van der Waals surface area (Å²) in [7, 11) is 0. The molecule has 2 aromatic carbocycles. The van der Waals surface area contributed by atoms with E-state index in [0.29, 0.717) is 16.7 Å². The largest absolute Gasteiger partial charge is 0.283 e. The average molecular weight is 459 g/mol. The van der Waals surface area contributed by atoms with E-state index in [1.807, 2.05) is 60.0 Å². The Balaban J connectivity index is 1.57. The molecule has 0 aliphatic carbocycles. The minimum atomic E-state index is -0.0222. The number of aromatic nitrogens is 3. The van der Waals surface area contributed by atoms with Crippen molar-refractivity contribution in [3.05, 3.63) is 76.1 Å². The molecule has 0 fully saturated rings. The van der Waals surface area contributed by atoms with Gasteiger partial charge in [0, 0.05) is 16.0 Å². The number of hydrogen-bond acceptors (Lipinski definition) is 7. The van der Waals surface area contributed by atoms with Gasteiger partial charge in [-0.25, -0.2) is 4.98 Å². The predicted molar refractivity (Wildman–Crippen MR) is 121 cm³/mol. The topological polar surface area (TPSA) is 59.0 Å². The Morgan fingerprint density at radius 3 is 2.59 bits per heavy atom. The summed E-state index contributed by atoms with van der Waals surface area (Å²) in [5.41, 5.74) is 4.50. The first-order valence-electron chi connectivity index (χ1n) is 8.64. The summed E-state index contributed by atoms with van der Waals surface area (Å²) in [6.45, 7) is 0.462. The number of hydrogen-bond donors (Lipinski definition) is 0. The molecule has 0 spiro atoms. The molecule has 0 radical (unpaired) electrons. The van der Waals surface area contributed by atoms with E-state index in [-0.39, 0.29) is 11.7 Å². The van der Waals surface area contributed by atoms with Gasteiger partial charge in [0.2, 0.25) is 5.91 Å². The van der Waals surface area contributed by atoms with E-state index in [0.717, 1.165) is 21.2 Å². The molecule has 0 N–H and O–H groups in total. The number of thioether (sulfide) groups is 1. The fourth-order valence-electron chi connectivity index (χ4n) is 2.60. The molecule has 0 aliphatic heterocycles. The van der Waals surface area contributed by atoms with E-state index in [1.54, 1.807) is 10.4 Å². The van der Waals surface area contributed by atoms with Crippen LogP contribution in [0, 0.1) is 0 Å². The molecule has 0 atom stereocenters. The van der Waals surface area contributed by atoms with E-state index in [4.69, 9.17) is 16.6 Å². The lowest BCUT2D eigenvalue weighted by molar-refractivity contribution is -0.116. The van der Waals surface area contributed by atoms with Gasteiger partial charge >= 0.3 is 0 Å². The Morgan fingerprint density at radius 2 is 1.86 bits per heavy atom. The quantitative estimate of drug-likeness (QED) is 0.335. The first-order valence-corrected chi connectivity index (χ1v) is 11.8. The van der Waals surface area contributed by atoms with E-state index >= 15 is 0 Å². The third-order valence-electron chi connectivity index (χ3n) is 4.01. The fraction of sp³-hybridized carbons (Fsp3) is 0.100. The normalized spacial score (nSPS) is 10.8. The zero-order valence-corrected chi connectivity index (χ0v) is 18.3. The lowest BCUT2D eigenvalue weighted by Gasteiger charge is -2.19. The standard InChI is InChI=1S/C20H15ClN4OS3/c21-16-8-6-15(7-9-16)17-11-27-19(23-17)25(10-14-4-2-1-3-5-14)18(26)12-28-20-24-22-13-29-20/h1-9,11,13H,10,12H2. The van der Waals surface area contributed by atoms with Crippen LogP contribution in [-0.4, -0.2) is 26.8 Å². The molecule has 0 aliphatic rings. The van der Waals surface area contributed by atoms with Crippen LogP contribution in [0.4, 0.5) is 5.13 Å². The summed E-state index contributed by atoms with van der Waals surface area (Å²) in [4.78, 5) is 19.5. The van der Waals surface area contributed by atoms with Crippen molar-refractivity contribution in [3.63, 3.8) is 0 Å². The number of amides is 1. The zero-order chi connectivity index (χ0) is 20.1. The molecular formula is C20H15ClN4OS3. The SMILES string of the molecule is O=C(CSc1nncs1)N(Cc1ccccc1)c1nc(-c2ccc(Cl)cc2)cs1. The van der Waals surface area contributed by atoms with Gasteiger partial charge in [0.25, 0.3) is 0 Å². The Bertz CT molecular complexity index is 1070. The van der Waals surface area contributed by atoms with Gasteiger partial charge < -0.3 is 0 Å². The van der Waals surface area contributed by atoms with Gasteiger partial charge in [-0.2, -0.15) is 0 Å². The summed E-state index contributed by atoms with van der Waals surface area (Å²) >= 11 is 10.3. The van der Waals surface area contributed by atoms with Crippen LogP contribution in [0.25, 0.3) is 11.3 Å². The molecule has 0 saturated heterocycles. The van der Waals surface area contributed by atoms with Crippen molar-refractivity contribution in [1.29, 1.82) is 0 Å². The predicted octanol–water partition coefficient (Wildman–Crippen LogP) is 5.64. The number of carbonyl (C=O) groups is 1.